The molecule has 0 unspecified atom stereocenters. The Bertz CT molecular complexity index is 602. The summed E-state index contributed by atoms with van der Waals surface area (Å²) in [6.45, 7) is 0. The summed E-state index contributed by atoms with van der Waals surface area (Å²) in [6, 6.07) is 7.58. The van der Waals surface area contributed by atoms with E-state index in [0.29, 0.717) is 10.8 Å². The van der Waals surface area contributed by atoms with Crippen molar-refractivity contribution in [3.63, 3.8) is 0 Å². The molecule has 0 aliphatic rings. The number of benzene rings is 1. The zero-order valence-electron chi connectivity index (χ0n) is 8.93. The summed E-state index contributed by atoms with van der Waals surface area (Å²) in [7, 11) is 0. The normalized spacial score (nSPS) is 10.1. The molecular weight excluding hydrogens is 277 g/mol. The first-order valence-corrected chi connectivity index (χ1v) is 5.65. The first-order chi connectivity index (χ1) is 8.58. The summed E-state index contributed by atoms with van der Waals surface area (Å²) in [6.07, 6.45) is 1.34. The number of carbonyl (C=O) groups is 1. The Morgan fingerprint density at radius 3 is 2.78 bits per heavy atom. The molecule has 0 atom stereocenters. The fourth-order valence-electron chi connectivity index (χ4n) is 1.27. The smallest absolute Gasteiger partial charge is 0.335 e. The van der Waals surface area contributed by atoms with Crippen LogP contribution in [-0.4, -0.2) is 16.1 Å². The van der Waals surface area contributed by atoms with Crippen LogP contribution in [0.2, 0.25) is 10.0 Å². The Kier molecular flexibility index (Phi) is 3.69. The van der Waals surface area contributed by atoms with Crippen LogP contribution in [0.25, 0.3) is 0 Å². The van der Waals surface area contributed by atoms with Gasteiger partial charge in [-0.05, 0) is 18.2 Å². The highest BCUT2D eigenvalue weighted by Gasteiger charge is 2.09. The van der Waals surface area contributed by atoms with Gasteiger partial charge in [0.1, 0.15) is 10.8 Å². The van der Waals surface area contributed by atoms with Gasteiger partial charge < -0.3 is 9.84 Å². The van der Waals surface area contributed by atoms with E-state index in [4.69, 9.17) is 33.0 Å². The molecule has 0 spiro atoms. The molecule has 2 rings (SSSR count). The molecule has 0 aliphatic carbocycles. The zero-order valence-corrected chi connectivity index (χ0v) is 10.4. The lowest BCUT2D eigenvalue weighted by atomic mass is 10.3. The van der Waals surface area contributed by atoms with Crippen LogP contribution in [-0.2, 0) is 0 Å². The lowest BCUT2D eigenvalue weighted by Crippen LogP contribution is -1.97. The van der Waals surface area contributed by atoms with E-state index in [9.17, 15) is 4.79 Å². The molecule has 92 valence electrons. The van der Waals surface area contributed by atoms with Crippen molar-refractivity contribution < 1.29 is 14.6 Å². The van der Waals surface area contributed by atoms with Crippen LogP contribution >= 0.6 is 23.2 Å². The Balaban J connectivity index is 2.31. The van der Waals surface area contributed by atoms with E-state index in [1.54, 1.807) is 18.2 Å². The van der Waals surface area contributed by atoms with Gasteiger partial charge in [0.15, 0.2) is 0 Å². The number of aromatic nitrogens is 1. The molecule has 0 fully saturated rings. The van der Waals surface area contributed by atoms with Crippen molar-refractivity contribution in [2.24, 2.45) is 0 Å². The molecule has 0 saturated carbocycles. The molecular formula is C12H7Cl2NO3. The van der Waals surface area contributed by atoms with E-state index < -0.39 is 5.97 Å². The maximum absolute atomic E-state index is 10.8. The maximum atomic E-state index is 10.8. The number of halogens is 2. The van der Waals surface area contributed by atoms with Gasteiger partial charge in [-0.25, -0.2) is 9.78 Å². The summed E-state index contributed by atoms with van der Waals surface area (Å²) in [5.74, 6) is -0.599. The molecule has 1 aromatic heterocycles. The quantitative estimate of drug-likeness (QED) is 0.929. The second-order valence-electron chi connectivity index (χ2n) is 3.34. The van der Waals surface area contributed by atoms with Gasteiger partial charge in [0, 0.05) is 12.3 Å². The molecule has 6 heteroatoms. The van der Waals surface area contributed by atoms with Crippen LogP contribution in [0.4, 0.5) is 0 Å². The van der Waals surface area contributed by atoms with Gasteiger partial charge in [0.25, 0.3) is 0 Å². The standard InChI is InChI=1S/C12H7Cl2NO3/c13-8-2-1-3-9(11(8)14)18-10-6-7(12(16)17)4-5-15-10/h1-6H,(H,16,17). The average Bonchev–Trinajstić information content (AvgIpc) is 2.35. The van der Waals surface area contributed by atoms with Crippen molar-refractivity contribution in [2.45, 2.75) is 0 Å². The number of aromatic carboxylic acids is 1. The lowest BCUT2D eigenvalue weighted by molar-refractivity contribution is 0.0696. The zero-order chi connectivity index (χ0) is 13.1. The third-order valence-electron chi connectivity index (χ3n) is 2.11. The van der Waals surface area contributed by atoms with Gasteiger partial charge in [-0.15, -0.1) is 0 Å². The van der Waals surface area contributed by atoms with Gasteiger partial charge in [-0.2, -0.15) is 0 Å². The minimum absolute atomic E-state index is 0.0816. The highest BCUT2D eigenvalue weighted by molar-refractivity contribution is 6.42. The number of ether oxygens (including phenoxy) is 1. The summed E-state index contributed by atoms with van der Waals surface area (Å²) in [4.78, 5) is 14.7. The summed E-state index contributed by atoms with van der Waals surface area (Å²) in [5, 5.41) is 9.45. The van der Waals surface area contributed by atoms with Crippen LogP contribution in [0.5, 0.6) is 11.6 Å². The predicted molar refractivity (Wildman–Crippen MR) is 67.7 cm³/mol. The third kappa shape index (κ3) is 2.72. The Morgan fingerprint density at radius 2 is 2.06 bits per heavy atom. The molecule has 18 heavy (non-hydrogen) atoms. The van der Waals surface area contributed by atoms with Crippen molar-refractivity contribution >= 4 is 29.2 Å². The van der Waals surface area contributed by atoms with Crippen LogP contribution in [0, 0.1) is 0 Å². The SMILES string of the molecule is O=C(O)c1ccnc(Oc2cccc(Cl)c2Cl)c1. The second kappa shape index (κ2) is 5.25. The topological polar surface area (TPSA) is 59.4 Å². The van der Waals surface area contributed by atoms with E-state index in [-0.39, 0.29) is 16.5 Å². The Morgan fingerprint density at radius 1 is 1.28 bits per heavy atom. The van der Waals surface area contributed by atoms with Gasteiger partial charge in [0.2, 0.25) is 5.88 Å². The number of nitrogens with zero attached hydrogens (tertiary/aromatic N) is 1. The molecule has 1 heterocycles. The number of carboxylic acid groups (broad SMARTS) is 1. The van der Waals surface area contributed by atoms with Crippen molar-refractivity contribution in [3.05, 3.63) is 52.1 Å². The van der Waals surface area contributed by atoms with Crippen molar-refractivity contribution in [2.75, 3.05) is 0 Å². The van der Waals surface area contributed by atoms with E-state index in [2.05, 4.69) is 4.98 Å². The monoisotopic (exact) mass is 283 g/mol. The number of rotatable bonds is 3. The highest BCUT2D eigenvalue weighted by Crippen LogP contribution is 2.34. The number of hydrogen-bond donors (Lipinski definition) is 1. The minimum atomic E-state index is -1.06. The first kappa shape index (κ1) is 12.7. The predicted octanol–water partition coefficient (Wildman–Crippen LogP) is 3.88. The van der Waals surface area contributed by atoms with Crippen molar-refractivity contribution in [1.29, 1.82) is 0 Å². The van der Waals surface area contributed by atoms with E-state index >= 15 is 0 Å². The summed E-state index contributed by atoms with van der Waals surface area (Å²) < 4.78 is 5.39. The summed E-state index contributed by atoms with van der Waals surface area (Å²) >= 11 is 11.8. The molecule has 1 N–H and O–H groups in total. The molecule has 0 bridgehead atoms. The summed E-state index contributed by atoms with van der Waals surface area (Å²) in [5.41, 5.74) is 0.0816. The van der Waals surface area contributed by atoms with Gasteiger partial charge >= 0.3 is 5.97 Å². The number of hydrogen-bond acceptors (Lipinski definition) is 3. The molecule has 2 aromatic rings. The van der Waals surface area contributed by atoms with Crippen LogP contribution in [0.1, 0.15) is 10.4 Å². The highest BCUT2D eigenvalue weighted by atomic mass is 35.5. The molecule has 0 saturated heterocycles. The average molecular weight is 284 g/mol. The van der Waals surface area contributed by atoms with E-state index in [0.717, 1.165) is 0 Å². The molecule has 0 amide bonds. The first-order valence-electron chi connectivity index (χ1n) is 4.89. The second-order valence-corrected chi connectivity index (χ2v) is 4.13. The van der Waals surface area contributed by atoms with Crippen LogP contribution < -0.4 is 4.74 Å². The van der Waals surface area contributed by atoms with E-state index in [1.165, 1.54) is 18.3 Å². The van der Waals surface area contributed by atoms with Gasteiger partial charge in [-0.3, -0.25) is 0 Å². The Hall–Kier alpha value is -1.78. The maximum Gasteiger partial charge on any atom is 0.335 e. The largest absolute Gasteiger partial charge is 0.478 e. The minimum Gasteiger partial charge on any atom is -0.478 e. The molecule has 4 nitrogen and oxygen atoms in total. The molecule has 0 radical (unpaired) electrons. The van der Waals surface area contributed by atoms with Gasteiger partial charge in [-0.1, -0.05) is 29.3 Å². The van der Waals surface area contributed by atoms with Crippen LogP contribution in [0.15, 0.2) is 36.5 Å². The number of pyridine rings is 1. The lowest BCUT2D eigenvalue weighted by Gasteiger charge is -2.07. The number of carboxylic acids is 1. The molecule has 1 aromatic carbocycles. The van der Waals surface area contributed by atoms with Crippen molar-refractivity contribution in [1.82, 2.24) is 4.98 Å². The van der Waals surface area contributed by atoms with Gasteiger partial charge in [0.05, 0.1) is 10.6 Å². The van der Waals surface area contributed by atoms with E-state index in [1.807, 2.05) is 0 Å². The third-order valence-corrected chi connectivity index (χ3v) is 2.91. The van der Waals surface area contributed by atoms with Crippen LogP contribution in [0.3, 0.4) is 0 Å². The fourth-order valence-corrected chi connectivity index (χ4v) is 1.60. The Labute approximate surface area is 113 Å². The fraction of sp³-hybridized carbons (Fsp3) is 0. The van der Waals surface area contributed by atoms with Crippen molar-refractivity contribution in [3.8, 4) is 11.6 Å². The molecule has 0 aliphatic heterocycles.